The van der Waals surface area contributed by atoms with Crippen molar-refractivity contribution in [2.45, 2.75) is 53.1 Å². The molecule has 1 N–H and O–H groups in total. The first-order chi connectivity index (χ1) is 6.68. The van der Waals surface area contributed by atoms with Crippen LogP contribution >= 0.6 is 0 Å². The van der Waals surface area contributed by atoms with Gasteiger partial charge in [-0.05, 0) is 33.6 Å². The number of ether oxygens (including phenoxy) is 1. The van der Waals surface area contributed by atoms with Crippen LogP contribution in [0.1, 0.15) is 47.5 Å². The van der Waals surface area contributed by atoms with Crippen LogP contribution in [0, 0.1) is 10.8 Å². The molecule has 3 nitrogen and oxygen atoms in total. The lowest BCUT2D eigenvalue weighted by molar-refractivity contribution is -0.125. The Morgan fingerprint density at radius 1 is 1.33 bits per heavy atom. The molecular weight excluding hydrogens is 190 g/mol. The van der Waals surface area contributed by atoms with Gasteiger partial charge in [0, 0.05) is 12.5 Å². The molecule has 0 saturated heterocycles. The van der Waals surface area contributed by atoms with Crippen LogP contribution in [0.2, 0.25) is 0 Å². The number of carbonyl (C=O) groups is 1. The number of methoxy groups -OCH3 is 1. The van der Waals surface area contributed by atoms with E-state index in [0.717, 1.165) is 6.42 Å². The van der Waals surface area contributed by atoms with E-state index in [1.54, 1.807) is 14.0 Å². The maximum absolute atomic E-state index is 11.9. The van der Waals surface area contributed by atoms with Crippen LogP contribution in [-0.2, 0) is 9.53 Å². The fourth-order valence-electron chi connectivity index (χ4n) is 1.83. The Hall–Kier alpha value is -0.700. The first-order valence-corrected chi connectivity index (χ1v) is 5.33. The number of Topliss-reactive ketones (excluding diaryl/α,β-unsaturated/α-hetero) is 1. The average molecular weight is 213 g/mol. The van der Waals surface area contributed by atoms with E-state index >= 15 is 0 Å². The van der Waals surface area contributed by atoms with Crippen LogP contribution in [0.4, 0.5) is 0 Å². The maximum atomic E-state index is 11.9. The largest absolute Gasteiger partial charge is 0.379 e. The van der Waals surface area contributed by atoms with Crippen molar-refractivity contribution < 1.29 is 9.53 Å². The smallest absolute Gasteiger partial charge is 0.181 e. The van der Waals surface area contributed by atoms with Gasteiger partial charge < -0.3 is 10.1 Å². The van der Waals surface area contributed by atoms with Crippen LogP contribution in [0.15, 0.2) is 0 Å². The van der Waals surface area contributed by atoms with Gasteiger partial charge in [0.1, 0.15) is 0 Å². The van der Waals surface area contributed by atoms with Gasteiger partial charge in [-0.25, -0.2) is 0 Å². The zero-order valence-electron chi connectivity index (χ0n) is 10.7. The minimum atomic E-state index is -0.481. The Kier molecular flexibility index (Phi) is 4.65. The van der Waals surface area contributed by atoms with Gasteiger partial charge in [0.15, 0.2) is 5.78 Å². The first-order valence-electron chi connectivity index (χ1n) is 5.33. The van der Waals surface area contributed by atoms with Crippen molar-refractivity contribution >= 4 is 11.5 Å². The summed E-state index contributed by atoms with van der Waals surface area (Å²) in [5.74, 6) is -0.0740. The number of hydrogen-bond donors (Lipinski definition) is 1. The van der Waals surface area contributed by atoms with E-state index in [9.17, 15) is 4.79 Å². The summed E-state index contributed by atoms with van der Waals surface area (Å²) in [6, 6.07) is 0. The third-order valence-electron chi connectivity index (χ3n) is 3.04. The van der Waals surface area contributed by atoms with Crippen molar-refractivity contribution in [1.82, 2.24) is 0 Å². The highest BCUT2D eigenvalue weighted by Gasteiger charge is 2.37. The van der Waals surface area contributed by atoms with Gasteiger partial charge in [0.25, 0.3) is 0 Å². The van der Waals surface area contributed by atoms with E-state index < -0.39 is 5.41 Å². The minimum Gasteiger partial charge on any atom is -0.379 e. The first kappa shape index (κ1) is 14.3. The third-order valence-corrected chi connectivity index (χ3v) is 3.04. The van der Waals surface area contributed by atoms with Crippen molar-refractivity contribution in [2.24, 2.45) is 5.41 Å². The van der Waals surface area contributed by atoms with Gasteiger partial charge in [0.05, 0.1) is 11.3 Å². The SMILES string of the molecule is CCC(C)(CC(C)(C)OC)C(=O)C(C)=N. The molecule has 1 unspecified atom stereocenters. The highest BCUT2D eigenvalue weighted by Crippen LogP contribution is 2.34. The van der Waals surface area contributed by atoms with Gasteiger partial charge in [-0.15, -0.1) is 0 Å². The van der Waals surface area contributed by atoms with Crippen LogP contribution in [0.3, 0.4) is 0 Å². The van der Waals surface area contributed by atoms with E-state index in [0.29, 0.717) is 6.42 Å². The van der Waals surface area contributed by atoms with E-state index in [1.165, 1.54) is 0 Å². The van der Waals surface area contributed by atoms with Gasteiger partial charge in [-0.1, -0.05) is 13.8 Å². The topological polar surface area (TPSA) is 50.2 Å². The number of carbonyl (C=O) groups excluding carboxylic acids is 1. The van der Waals surface area contributed by atoms with Crippen LogP contribution < -0.4 is 0 Å². The molecule has 1 atom stereocenters. The molecule has 0 heterocycles. The maximum Gasteiger partial charge on any atom is 0.181 e. The number of ketones is 1. The standard InChI is InChI=1S/C12H23NO2/c1-7-12(5,10(14)9(2)13)8-11(3,4)15-6/h13H,7-8H2,1-6H3. The van der Waals surface area contributed by atoms with Crippen molar-refractivity contribution in [1.29, 1.82) is 5.41 Å². The Morgan fingerprint density at radius 2 is 1.80 bits per heavy atom. The number of hydrogen-bond acceptors (Lipinski definition) is 3. The molecule has 0 aromatic heterocycles. The molecule has 0 rings (SSSR count). The lowest BCUT2D eigenvalue weighted by atomic mass is 9.73. The zero-order valence-corrected chi connectivity index (χ0v) is 10.7. The summed E-state index contributed by atoms with van der Waals surface area (Å²) in [5.41, 5.74) is -0.674. The van der Waals surface area contributed by atoms with Crippen molar-refractivity contribution in [2.75, 3.05) is 7.11 Å². The zero-order chi connectivity index (χ0) is 12.3. The normalized spacial score (nSPS) is 15.9. The van der Waals surface area contributed by atoms with Crippen LogP contribution in [0.5, 0.6) is 0 Å². The fraction of sp³-hybridized carbons (Fsp3) is 0.833. The van der Waals surface area contributed by atoms with E-state index in [-0.39, 0.29) is 17.1 Å². The highest BCUT2D eigenvalue weighted by atomic mass is 16.5. The second-order valence-corrected chi connectivity index (χ2v) is 5.01. The monoisotopic (exact) mass is 213 g/mol. The third kappa shape index (κ3) is 3.74. The molecule has 0 amide bonds. The molecule has 15 heavy (non-hydrogen) atoms. The highest BCUT2D eigenvalue weighted by molar-refractivity contribution is 6.39. The van der Waals surface area contributed by atoms with E-state index in [1.807, 2.05) is 27.7 Å². The van der Waals surface area contributed by atoms with E-state index in [2.05, 4.69) is 0 Å². The molecule has 0 bridgehead atoms. The van der Waals surface area contributed by atoms with Gasteiger partial charge in [0.2, 0.25) is 0 Å². The molecule has 0 aromatic carbocycles. The van der Waals surface area contributed by atoms with Crippen LogP contribution in [0.25, 0.3) is 0 Å². The van der Waals surface area contributed by atoms with Crippen LogP contribution in [-0.4, -0.2) is 24.2 Å². The minimum absolute atomic E-state index is 0.0740. The molecular formula is C12H23NO2. The average Bonchev–Trinajstić information content (AvgIpc) is 2.15. The van der Waals surface area contributed by atoms with Gasteiger partial charge >= 0.3 is 0 Å². The van der Waals surface area contributed by atoms with Crippen molar-refractivity contribution in [3.05, 3.63) is 0 Å². The Balaban J connectivity index is 4.87. The summed E-state index contributed by atoms with van der Waals surface area (Å²) in [6.07, 6.45) is 1.37. The lowest BCUT2D eigenvalue weighted by Crippen LogP contribution is -2.39. The second-order valence-electron chi connectivity index (χ2n) is 5.01. The Morgan fingerprint density at radius 3 is 2.07 bits per heavy atom. The molecule has 88 valence electrons. The van der Waals surface area contributed by atoms with E-state index in [4.69, 9.17) is 10.1 Å². The Bertz CT molecular complexity index is 258. The second kappa shape index (κ2) is 4.88. The summed E-state index contributed by atoms with van der Waals surface area (Å²) in [4.78, 5) is 11.9. The molecule has 0 aliphatic heterocycles. The van der Waals surface area contributed by atoms with Crippen molar-refractivity contribution in [3.63, 3.8) is 0 Å². The molecule has 0 fully saturated rings. The predicted molar refractivity (Wildman–Crippen MR) is 62.5 cm³/mol. The molecule has 0 aromatic rings. The Labute approximate surface area is 92.7 Å². The molecule has 0 radical (unpaired) electrons. The summed E-state index contributed by atoms with van der Waals surface area (Å²) in [6.45, 7) is 9.37. The summed E-state index contributed by atoms with van der Waals surface area (Å²) >= 11 is 0. The van der Waals surface area contributed by atoms with Gasteiger partial charge in [-0.2, -0.15) is 0 Å². The molecule has 0 saturated carbocycles. The number of nitrogens with one attached hydrogen (secondary N) is 1. The summed E-state index contributed by atoms with van der Waals surface area (Å²) < 4.78 is 5.34. The molecule has 3 heteroatoms. The molecule has 0 aliphatic carbocycles. The predicted octanol–water partition coefficient (Wildman–Crippen LogP) is 2.83. The fourth-order valence-corrected chi connectivity index (χ4v) is 1.83. The quantitative estimate of drug-likeness (QED) is 0.690. The lowest BCUT2D eigenvalue weighted by Gasteiger charge is -2.34. The molecule has 0 aliphatic rings. The summed E-state index contributed by atoms with van der Waals surface area (Å²) in [7, 11) is 1.65. The summed E-state index contributed by atoms with van der Waals surface area (Å²) in [5, 5.41) is 7.43. The van der Waals surface area contributed by atoms with Crippen molar-refractivity contribution in [3.8, 4) is 0 Å². The number of rotatable bonds is 6. The van der Waals surface area contributed by atoms with Gasteiger partial charge in [-0.3, -0.25) is 4.79 Å². The molecule has 0 spiro atoms.